The van der Waals surface area contributed by atoms with Gasteiger partial charge in [-0.2, -0.15) is 5.26 Å². The highest BCUT2D eigenvalue weighted by atomic mass is 19.1. The molecule has 1 aromatic carbocycles. The summed E-state index contributed by atoms with van der Waals surface area (Å²) < 4.78 is 26.0. The molecule has 0 atom stereocenters. The molecular formula is C13H14F2N2O. The second-order valence-electron chi connectivity index (χ2n) is 3.96. The fraction of sp³-hybridized carbons (Fsp3) is 0.385. The summed E-state index contributed by atoms with van der Waals surface area (Å²) in [6.45, 7) is 0.340. The van der Waals surface area contributed by atoms with Crippen LogP contribution in [0.2, 0.25) is 0 Å². The minimum atomic E-state index is -0.616. The summed E-state index contributed by atoms with van der Waals surface area (Å²) in [5.41, 5.74) is 0.372. The van der Waals surface area contributed by atoms with Gasteiger partial charge in [0.25, 0.3) is 0 Å². The molecule has 0 aliphatic heterocycles. The topological polar surface area (TPSA) is 44.1 Å². The molecule has 18 heavy (non-hydrogen) atoms. The zero-order chi connectivity index (χ0) is 13.5. The molecule has 0 saturated carbocycles. The van der Waals surface area contributed by atoms with Crippen molar-refractivity contribution in [3.63, 3.8) is 0 Å². The van der Waals surface area contributed by atoms with Crippen molar-refractivity contribution in [1.29, 1.82) is 5.26 Å². The number of nitriles is 1. The van der Waals surface area contributed by atoms with Crippen LogP contribution in [0.25, 0.3) is 0 Å². The molecule has 0 aliphatic rings. The Balaban J connectivity index is 2.49. The van der Waals surface area contributed by atoms with E-state index in [1.165, 1.54) is 17.0 Å². The monoisotopic (exact) mass is 252 g/mol. The van der Waals surface area contributed by atoms with Crippen molar-refractivity contribution in [2.45, 2.75) is 19.3 Å². The third-order valence-electron chi connectivity index (χ3n) is 2.61. The number of halogens is 2. The normalized spacial score (nSPS) is 9.89. The first-order valence-corrected chi connectivity index (χ1v) is 5.59. The smallest absolute Gasteiger partial charge is 0.223 e. The lowest BCUT2D eigenvalue weighted by Gasteiger charge is -2.16. The van der Waals surface area contributed by atoms with Gasteiger partial charge in [0.2, 0.25) is 5.91 Å². The first-order valence-electron chi connectivity index (χ1n) is 5.59. The second kappa shape index (κ2) is 6.70. The molecule has 1 amide bonds. The highest BCUT2D eigenvalue weighted by Gasteiger charge is 2.10. The van der Waals surface area contributed by atoms with Crippen LogP contribution in [0, 0.1) is 23.0 Å². The Kier molecular flexibility index (Phi) is 5.25. The maximum atomic E-state index is 13.3. The summed E-state index contributed by atoms with van der Waals surface area (Å²) in [4.78, 5) is 12.9. The van der Waals surface area contributed by atoms with E-state index in [1.54, 1.807) is 7.05 Å². The molecule has 0 fully saturated rings. The molecule has 0 aromatic heterocycles. The molecule has 0 saturated heterocycles. The van der Waals surface area contributed by atoms with E-state index < -0.39 is 11.6 Å². The molecule has 0 heterocycles. The van der Waals surface area contributed by atoms with Crippen LogP contribution in [0.15, 0.2) is 18.2 Å². The first kappa shape index (κ1) is 14.1. The quantitative estimate of drug-likeness (QED) is 0.806. The highest BCUT2D eigenvalue weighted by molar-refractivity contribution is 5.76. The summed E-state index contributed by atoms with van der Waals surface area (Å²) in [5.74, 6) is -1.37. The van der Waals surface area contributed by atoms with Crippen LogP contribution in [-0.4, -0.2) is 24.4 Å². The van der Waals surface area contributed by atoms with Crippen molar-refractivity contribution in [2.75, 3.05) is 13.6 Å². The average Bonchev–Trinajstić information content (AvgIpc) is 2.34. The summed E-state index contributed by atoms with van der Waals surface area (Å²) in [7, 11) is 1.60. The molecule has 1 aromatic rings. The zero-order valence-corrected chi connectivity index (χ0v) is 10.1. The van der Waals surface area contributed by atoms with Crippen LogP contribution in [0.3, 0.4) is 0 Å². The summed E-state index contributed by atoms with van der Waals surface area (Å²) >= 11 is 0. The minimum Gasteiger partial charge on any atom is -0.345 e. The number of rotatable bonds is 5. The van der Waals surface area contributed by atoms with Crippen LogP contribution in [-0.2, 0) is 11.2 Å². The number of nitrogens with zero attached hydrogens (tertiary/aromatic N) is 2. The molecule has 3 nitrogen and oxygen atoms in total. The van der Waals surface area contributed by atoms with Gasteiger partial charge in [-0.25, -0.2) is 8.78 Å². The van der Waals surface area contributed by atoms with E-state index in [0.29, 0.717) is 18.5 Å². The standard InChI is InChI=1S/C13H14F2N2O/c1-17(13(18)3-2-7-16)8-6-10-4-5-11(14)9-12(10)15/h4-5,9H,2-3,6,8H2,1H3. The van der Waals surface area contributed by atoms with Crippen molar-refractivity contribution in [1.82, 2.24) is 4.90 Å². The third-order valence-corrected chi connectivity index (χ3v) is 2.61. The second-order valence-corrected chi connectivity index (χ2v) is 3.96. The van der Waals surface area contributed by atoms with Gasteiger partial charge >= 0.3 is 0 Å². The number of likely N-dealkylation sites (N-methyl/N-ethyl adjacent to an activating group) is 1. The van der Waals surface area contributed by atoms with E-state index in [2.05, 4.69) is 0 Å². The van der Waals surface area contributed by atoms with Gasteiger partial charge in [0, 0.05) is 32.5 Å². The maximum Gasteiger partial charge on any atom is 0.223 e. The molecule has 0 spiro atoms. The van der Waals surface area contributed by atoms with E-state index in [4.69, 9.17) is 5.26 Å². The van der Waals surface area contributed by atoms with Crippen LogP contribution in [0.5, 0.6) is 0 Å². The first-order chi connectivity index (χ1) is 8.54. The fourth-order valence-electron chi connectivity index (χ4n) is 1.49. The van der Waals surface area contributed by atoms with Gasteiger partial charge in [0.05, 0.1) is 6.07 Å². The lowest BCUT2D eigenvalue weighted by molar-refractivity contribution is -0.129. The number of hydrogen-bond acceptors (Lipinski definition) is 2. The van der Waals surface area contributed by atoms with E-state index in [1.807, 2.05) is 6.07 Å². The Hall–Kier alpha value is -1.96. The largest absolute Gasteiger partial charge is 0.345 e. The Labute approximate surface area is 105 Å². The van der Waals surface area contributed by atoms with Crippen molar-refractivity contribution < 1.29 is 13.6 Å². The SMILES string of the molecule is CN(CCc1ccc(F)cc1F)C(=O)CCC#N. The van der Waals surface area contributed by atoms with Crippen molar-refractivity contribution in [2.24, 2.45) is 0 Å². The Bertz CT molecular complexity index is 469. The Morgan fingerprint density at radius 3 is 2.78 bits per heavy atom. The van der Waals surface area contributed by atoms with E-state index in [9.17, 15) is 13.6 Å². The number of hydrogen-bond donors (Lipinski definition) is 0. The van der Waals surface area contributed by atoms with Gasteiger partial charge in [-0.1, -0.05) is 6.07 Å². The molecule has 0 unspecified atom stereocenters. The molecular weight excluding hydrogens is 238 g/mol. The van der Waals surface area contributed by atoms with Gasteiger partial charge in [0.1, 0.15) is 11.6 Å². The predicted octanol–water partition coefficient (Wildman–Crippen LogP) is 2.27. The summed E-state index contributed by atoms with van der Waals surface area (Å²) in [6, 6.07) is 5.28. The Morgan fingerprint density at radius 2 is 2.17 bits per heavy atom. The lowest BCUT2D eigenvalue weighted by Crippen LogP contribution is -2.28. The minimum absolute atomic E-state index is 0.154. The van der Waals surface area contributed by atoms with Gasteiger partial charge in [-0.15, -0.1) is 0 Å². The molecule has 0 aliphatic carbocycles. The number of carbonyl (C=O) groups excluding carboxylic acids is 1. The average molecular weight is 252 g/mol. The molecule has 5 heteroatoms. The summed E-state index contributed by atoms with van der Waals surface area (Å²) in [6.07, 6.45) is 0.661. The Morgan fingerprint density at radius 1 is 1.44 bits per heavy atom. The predicted molar refractivity (Wildman–Crippen MR) is 62.5 cm³/mol. The van der Waals surface area contributed by atoms with Crippen LogP contribution in [0.1, 0.15) is 18.4 Å². The number of benzene rings is 1. The van der Waals surface area contributed by atoms with Crippen LogP contribution in [0.4, 0.5) is 8.78 Å². The van der Waals surface area contributed by atoms with E-state index in [-0.39, 0.29) is 18.7 Å². The van der Waals surface area contributed by atoms with Gasteiger partial charge < -0.3 is 4.90 Å². The van der Waals surface area contributed by atoms with Crippen LogP contribution < -0.4 is 0 Å². The zero-order valence-electron chi connectivity index (χ0n) is 10.1. The molecule has 0 N–H and O–H groups in total. The maximum absolute atomic E-state index is 13.3. The molecule has 96 valence electrons. The van der Waals surface area contributed by atoms with Crippen LogP contribution >= 0.6 is 0 Å². The highest BCUT2D eigenvalue weighted by Crippen LogP contribution is 2.10. The van der Waals surface area contributed by atoms with E-state index in [0.717, 1.165) is 6.07 Å². The number of amides is 1. The molecule has 0 bridgehead atoms. The number of carbonyl (C=O) groups is 1. The fourth-order valence-corrected chi connectivity index (χ4v) is 1.49. The van der Waals surface area contributed by atoms with Gasteiger partial charge in [-0.3, -0.25) is 4.79 Å². The van der Waals surface area contributed by atoms with E-state index >= 15 is 0 Å². The molecule has 0 radical (unpaired) electrons. The van der Waals surface area contributed by atoms with Gasteiger partial charge in [-0.05, 0) is 18.1 Å². The van der Waals surface area contributed by atoms with Crippen molar-refractivity contribution >= 4 is 5.91 Å². The third kappa shape index (κ3) is 4.13. The summed E-state index contributed by atoms with van der Waals surface area (Å²) in [5, 5.41) is 8.36. The lowest BCUT2D eigenvalue weighted by atomic mass is 10.1. The molecule has 1 rings (SSSR count). The van der Waals surface area contributed by atoms with Gasteiger partial charge in [0.15, 0.2) is 0 Å². The van der Waals surface area contributed by atoms with Crippen molar-refractivity contribution in [3.05, 3.63) is 35.4 Å². The van der Waals surface area contributed by atoms with Crippen molar-refractivity contribution in [3.8, 4) is 6.07 Å².